The molecule has 0 aliphatic heterocycles. The number of hydrogen-bond donors (Lipinski definition) is 1. The first-order valence-electron chi connectivity index (χ1n) is 4.98. The van der Waals surface area contributed by atoms with E-state index in [0.29, 0.717) is 0 Å². The molecule has 1 heterocycles. The third-order valence-electron chi connectivity index (χ3n) is 3.15. The molecule has 1 aromatic heterocycles. The van der Waals surface area contributed by atoms with Crippen LogP contribution in [0.25, 0.3) is 0 Å². The number of hydrogen-bond acceptors (Lipinski definition) is 0. The van der Waals surface area contributed by atoms with Gasteiger partial charge in [0.2, 0.25) is 0 Å². The molecular weight excluding hydrogens is 271 g/mol. The monoisotopic (exact) mass is 293 g/mol. The van der Waals surface area contributed by atoms with Crippen molar-refractivity contribution in [2.24, 2.45) is 0 Å². The Morgan fingerprint density at radius 2 is 1.93 bits per heavy atom. The molecule has 0 amide bonds. The number of nitrogens with one attached hydrogen (secondary N) is 1. The van der Waals surface area contributed by atoms with Crippen LogP contribution in [0.3, 0.4) is 0 Å². The standard InChI is InChI=1S/C5H5.C4H4N.4CH3.Ru/c2*1-2-4-5-3-1;;;;;/h1-3H,4H2;1-3,5H;4*1H3;. The second-order valence-electron chi connectivity index (χ2n) is 5.86. The van der Waals surface area contributed by atoms with Crippen LogP contribution in [0.4, 0.5) is 0 Å². The van der Waals surface area contributed by atoms with Crippen LogP contribution in [0, 0.1) is 0 Å². The Kier molecular flexibility index (Phi) is 1.85. The van der Waals surface area contributed by atoms with Crippen LogP contribution in [-0.2, 0) is 12.4 Å². The van der Waals surface area contributed by atoms with Gasteiger partial charge >= 0.3 is 90.9 Å². The first-order valence-corrected chi connectivity index (χ1v) is 13.7. The zero-order valence-electron chi connectivity index (χ0n) is 10.0. The summed E-state index contributed by atoms with van der Waals surface area (Å²) in [5.74, 6) is 0. The Hall–Kier alpha value is -0.617. The molecule has 0 bridgehead atoms. The number of aromatic nitrogens is 1. The van der Waals surface area contributed by atoms with Crippen LogP contribution in [0.1, 0.15) is 6.42 Å². The van der Waals surface area contributed by atoms with Gasteiger partial charge in [-0.05, 0) is 0 Å². The van der Waals surface area contributed by atoms with E-state index in [2.05, 4.69) is 57.4 Å². The predicted molar refractivity (Wildman–Crippen MR) is 65.7 cm³/mol. The van der Waals surface area contributed by atoms with Crippen molar-refractivity contribution < 1.29 is 12.4 Å². The zero-order valence-corrected chi connectivity index (χ0v) is 11.8. The van der Waals surface area contributed by atoms with Crippen molar-refractivity contribution in [3.63, 3.8) is 0 Å². The first-order chi connectivity index (χ1) is 6.74. The quantitative estimate of drug-likeness (QED) is 0.796. The van der Waals surface area contributed by atoms with Crippen LogP contribution in [0.5, 0.6) is 0 Å². The normalized spacial score (nSPS) is 20.9. The molecule has 0 radical (unpaired) electrons. The molecular formula is C13H21NRu. The van der Waals surface area contributed by atoms with Gasteiger partial charge in [0.1, 0.15) is 0 Å². The van der Waals surface area contributed by atoms with E-state index in [4.69, 9.17) is 0 Å². The van der Waals surface area contributed by atoms with E-state index in [1.54, 1.807) is 4.17 Å². The van der Waals surface area contributed by atoms with Crippen molar-refractivity contribution in [3.05, 3.63) is 40.7 Å². The minimum absolute atomic E-state index is 1.12. The van der Waals surface area contributed by atoms with E-state index in [1.807, 2.05) is 6.20 Å². The fourth-order valence-corrected chi connectivity index (χ4v) is 8.55. The molecule has 1 aromatic rings. The van der Waals surface area contributed by atoms with Gasteiger partial charge in [-0.3, -0.25) is 0 Å². The number of H-pyrrole nitrogens is 1. The maximum atomic E-state index is 3.44. The minimum atomic E-state index is -3.01. The van der Waals surface area contributed by atoms with E-state index in [0.717, 1.165) is 6.42 Å². The molecule has 0 unspecified atom stereocenters. The Morgan fingerprint density at radius 1 is 1.20 bits per heavy atom. The van der Waals surface area contributed by atoms with Crippen molar-refractivity contribution in [1.82, 2.24) is 4.98 Å². The summed E-state index contributed by atoms with van der Waals surface area (Å²) in [6.07, 6.45) is 9.94. The molecule has 1 N–H and O–H groups in total. The van der Waals surface area contributed by atoms with E-state index in [-0.39, 0.29) is 0 Å². The third-order valence-corrected chi connectivity index (χ3v) is 13.6. The van der Waals surface area contributed by atoms with Crippen molar-refractivity contribution in [1.29, 1.82) is 0 Å². The fraction of sp³-hybridized carbons (Fsp3) is 0.385. The van der Waals surface area contributed by atoms with Gasteiger partial charge in [0.05, 0.1) is 0 Å². The summed E-state index contributed by atoms with van der Waals surface area (Å²) in [5, 5.41) is 0. The summed E-state index contributed by atoms with van der Waals surface area (Å²) < 4.78 is 3.06. The molecule has 0 saturated heterocycles. The number of rotatable bonds is 2. The molecule has 1 aliphatic carbocycles. The predicted octanol–water partition coefficient (Wildman–Crippen LogP) is 3.90. The van der Waals surface area contributed by atoms with Crippen LogP contribution < -0.4 is 4.29 Å². The van der Waals surface area contributed by atoms with E-state index in [1.165, 1.54) is 4.29 Å². The summed E-state index contributed by atoms with van der Waals surface area (Å²) in [6, 6.07) is 4.36. The Balaban J connectivity index is 2.64. The summed E-state index contributed by atoms with van der Waals surface area (Å²) in [7, 11) is 0. The van der Waals surface area contributed by atoms with Gasteiger partial charge in [-0.2, -0.15) is 0 Å². The van der Waals surface area contributed by atoms with Crippen molar-refractivity contribution in [2.45, 2.75) is 28.5 Å². The van der Waals surface area contributed by atoms with E-state index < -0.39 is 12.4 Å². The molecule has 2 heteroatoms. The number of allylic oxidation sites excluding steroid dienone is 4. The van der Waals surface area contributed by atoms with Gasteiger partial charge in [0.15, 0.2) is 0 Å². The Morgan fingerprint density at radius 3 is 2.40 bits per heavy atom. The SMILES string of the molecule is [CH3][Ru]([CH3])([CH3])([CH3])([C]1=CC=CC1)[c]1ccc[nH]1. The van der Waals surface area contributed by atoms with Crippen LogP contribution >= 0.6 is 0 Å². The molecule has 1 nitrogen and oxygen atoms in total. The first kappa shape index (κ1) is 10.9. The maximum absolute atomic E-state index is 3.44. The van der Waals surface area contributed by atoms with Gasteiger partial charge in [-0.15, -0.1) is 0 Å². The molecule has 0 spiro atoms. The molecule has 2 rings (SSSR count). The summed E-state index contributed by atoms with van der Waals surface area (Å²) in [4.78, 5) is 3.44. The second-order valence-corrected chi connectivity index (χ2v) is 25.7. The molecule has 0 fully saturated rings. The van der Waals surface area contributed by atoms with E-state index >= 15 is 0 Å². The van der Waals surface area contributed by atoms with Gasteiger partial charge in [0, 0.05) is 0 Å². The van der Waals surface area contributed by atoms with Crippen molar-refractivity contribution >= 4 is 4.29 Å². The average molecular weight is 292 g/mol. The summed E-state index contributed by atoms with van der Waals surface area (Å²) in [5.41, 5.74) is 9.92. The van der Waals surface area contributed by atoms with Crippen LogP contribution in [0.15, 0.2) is 40.7 Å². The van der Waals surface area contributed by atoms with Crippen molar-refractivity contribution in [3.8, 4) is 0 Å². The molecule has 15 heavy (non-hydrogen) atoms. The molecule has 1 aliphatic rings. The molecule has 86 valence electrons. The van der Waals surface area contributed by atoms with Gasteiger partial charge < -0.3 is 0 Å². The van der Waals surface area contributed by atoms with Crippen LogP contribution in [-0.4, -0.2) is 4.98 Å². The summed E-state index contributed by atoms with van der Waals surface area (Å²) >= 11 is -3.01. The Labute approximate surface area is 90.9 Å². The van der Waals surface area contributed by atoms with E-state index in [9.17, 15) is 0 Å². The second kappa shape index (κ2) is 2.55. The average Bonchev–Trinajstić information content (AvgIpc) is 2.77. The molecule has 0 aromatic carbocycles. The van der Waals surface area contributed by atoms with Gasteiger partial charge in [-0.25, -0.2) is 0 Å². The van der Waals surface area contributed by atoms with Gasteiger partial charge in [-0.1, -0.05) is 0 Å². The molecule has 0 atom stereocenters. The van der Waals surface area contributed by atoms with Crippen molar-refractivity contribution in [2.75, 3.05) is 0 Å². The van der Waals surface area contributed by atoms with Crippen LogP contribution in [0.2, 0.25) is 22.1 Å². The topological polar surface area (TPSA) is 15.8 Å². The number of aromatic amines is 1. The Bertz CT molecular complexity index is 439. The van der Waals surface area contributed by atoms with Gasteiger partial charge in [0.25, 0.3) is 0 Å². The molecule has 0 saturated carbocycles. The third kappa shape index (κ3) is 1.56. The fourth-order valence-electron chi connectivity index (χ4n) is 1.93. The summed E-state index contributed by atoms with van der Waals surface area (Å²) in [6.45, 7) is 0. The zero-order chi connectivity index (χ0) is 11.2.